The summed E-state index contributed by atoms with van der Waals surface area (Å²) in [6.07, 6.45) is 1.31. The number of nitrogens with zero attached hydrogens (tertiary/aromatic N) is 3. The third-order valence-electron chi connectivity index (χ3n) is 3.69. The van der Waals surface area contributed by atoms with E-state index < -0.39 is 6.09 Å². The summed E-state index contributed by atoms with van der Waals surface area (Å²) in [5.41, 5.74) is 4.42. The van der Waals surface area contributed by atoms with Crippen LogP contribution in [-0.2, 0) is 11.3 Å². The molecule has 0 aliphatic rings. The number of aromatic nitrogens is 4. The van der Waals surface area contributed by atoms with Crippen molar-refractivity contribution in [3.63, 3.8) is 0 Å². The maximum atomic E-state index is 11.6. The van der Waals surface area contributed by atoms with Crippen molar-refractivity contribution in [2.24, 2.45) is 0 Å². The smallest absolute Gasteiger partial charge is 0.408 e. The van der Waals surface area contributed by atoms with Gasteiger partial charge in [0.05, 0.1) is 22.8 Å². The van der Waals surface area contributed by atoms with E-state index in [0.29, 0.717) is 0 Å². The fraction of sp³-hybridized carbons (Fsp3) is 0.263. The lowest BCUT2D eigenvalue weighted by molar-refractivity contribution is 0.159. The Balaban J connectivity index is 1.68. The van der Waals surface area contributed by atoms with Crippen LogP contribution >= 0.6 is 11.3 Å². The zero-order valence-corrected chi connectivity index (χ0v) is 16.1. The summed E-state index contributed by atoms with van der Waals surface area (Å²) in [6.45, 7) is 5.96. The minimum absolute atomic E-state index is 0.0767. The molecule has 0 saturated heterocycles. The quantitative estimate of drug-likeness (QED) is 0.660. The minimum atomic E-state index is -0.517. The maximum Gasteiger partial charge on any atom is 0.408 e. The number of hydrogen-bond acceptors (Lipinski definition) is 6. The molecule has 0 unspecified atom stereocenters. The van der Waals surface area contributed by atoms with Gasteiger partial charge in [0.15, 0.2) is 6.61 Å². The summed E-state index contributed by atoms with van der Waals surface area (Å²) in [5.74, 6) is 5.33. The number of H-pyrrole nitrogens is 1. The molecule has 2 N–H and O–H groups in total. The molecule has 3 heterocycles. The summed E-state index contributed by atoms with van der Waals surface area (Å²) >= 11 is 1.56. The Morgan fingerprint density at radius 1 is 1.37 bits per heavy atom. The normalized spacial score (nSPS) is 10.2. The summed E-state index contributed by atoms with van der Waals surface area (Å²) in [4.78, 5) is 21.5. The Hall–Kier alpha value is -3.18. The largest absolute Gasteiger partial charge is 0.436 e. The first-order valence-electron chi connectivity index (χ1n) is 8.32. The van der Waals surface area contributed by atoms with Crippen LogP contribution in [-0.4, -0.2) is 32.9 Å². The Kier molecular flexibility index (Phi) is 5.84. The van der Waals surface area contributed by atoms with Gasteiger partial charge in [-0.15, -0.1) is 17.3 Å². The van der Waals surface area contributed by atoms with E-state index in [1.54, 1.807) is 18.3 Å². The van der Waals surface area contributed by atoms with Gasteiger partial charge in [0.1, 0.15) is 10.7 Å². The van der Waals surface area contributed by atoms with E-state index >= 15 is 0 Å². The molecule has 27 heavy (non-hydrogen) atoms. The summed E-state index contributed by atoms with van der Waals surface area (Å²) < 4.78 is 4.90. The first kappa shape index (κ1) is 18.6. The zero-order chi connectivity index (χ0) is 19.2. The van der Waals surface area contributed by atoms with Crippen molar-refractivity contribution in [3.05, 3.63) is 41.5 Å². The molecule has 0 saturated carbocycles. The molecule has 0 radical (unpaired) electrons. The molecule has 0 atom stereocenters. The van der Waals surface area contributed by atoms with Gasteiger partial charge in [0, 0.05) is 17.5 Å². The van der Waals surface area contributed by atoms with Gasteiger partial charge in [0.25, 0.3) is 0 Å². The first-order valence-corrected chi connectivity index (χ1v) is 9.14. The molecular weight excluding hydrogens is 362 g/mol. The summed E-state index contributed by atoms with van der Waals surface area (Å²) in [6, 6.07) is 5.87. The molecule has 1 amide bonds. The number of thiazole rings is 1. The Labute approximate surface area is 161 Å². The molecule has 0 bridgehead atoms. The fourth-order valence-electron chi connectivity index (χ4n) is 2.31. The molecule has 3 aromatic heterocycles. The number of alkyl carbamates (subject to hydrolysis) is 1. The number of hydrogen-bond donors (Lipinski definition) is 2. The average Bonchev–Trinajstić information content (AvgIpc) is 3.27. The van der Waals surface area contributed by atoms with Crippen LogP contribution in [0.15, 0.2) is 24.4 Å². The molecule has 0 aromatic carbocycles. The maximum absolute atomic E-state index is 11.6. The van der Waals surface area contributed by atoms with Crippen LogP contribution in [0.5, 0.6) is 0 Å². The predicted octanol–water partition coefficient (Wildman–Crippen LogP) is 3.46. The minimum Gasteiger partial charge on any atom is -0.436 e. The SMILES string of the molecule is CC#CCOC(=O)NCc1cc(-c2sc(-c3ccc(C)nc3)nc2C)n[nH]1. The van der Waals surface area contributed by atoms with Crippen molar-refractivity contribution in [1.29, 1.82) is 0 Å². The highest BCUT2D eigenvalue weighted by molar-refractivity contribution is 7.18. The third-order valence-corrected chi connectivity index (χ3v) is 4.92. The lowest BCUT2D eigenvalue weighted by Crippen LogP contribution is -2.24. The summed E-state index contributed by atoms with van der Waals surface area (Å²) in [7, 11) is 0. The van der Waals surface area contributed by atoms with Crippen molar-refractivity contribution in [2.45, 2.75) is 27.3 Å². The Morgan fingerprint density at radius 3 is 2.96 bits per heavy atom. The van der Waals surface area contributed by atoms with E-state index in [1.807, 2.05) is 38.2 Å². The van der Waals surface area contributed by atoms with E-state index in [9.17, 15) is 4.79 Å². The Bertz CT molecular complexity index is 995. The van der Waals surface area contributed by atoms with Gasteiger partial charge in [-0.25, -0.2) is 9.78 Å². The summed E-state index contributed by atoms with van der Waals surface area (Å²) in [5, 5.41) is 10.8. The number of ether oxygens (including phenoxy) is 1. The van der Waals surface area contributed by atoms with Crippen LogP contribution in [0.1, 0.15) is 24.0 Å². The highest BCUT2D eigenvalue weighted by Gasteiger charge is 2.14. The highest BCUT2D eigenvalue weighted by atomic mass is 32.1. The number of carbonyl (C=O) groups excluding carboxylic acids is 1. The topological polar surface area (TPSA) is 92.8 Å². The number of pyridine rings is 1. The fourth-order valence-corrected chi connectivity index (χ4v) is 3.33. The third kappa shape index (κ3) is 4.71. The van der Waals surface area contributed by atoms with Crippen molar-refractivity contribution in [3.8, 4) is 33.0 Å². The highest BCUT2D eigenvalue weighted by Crippen LogP contribution is 2.34. The molecule has 0 spiro atoms. The van der Waals surface area contributed by atoms with Crippen molar-refractivity contribution in [2.75, 3.05) is 6.61 Å². The van der Waals surface area contributed by atoms with E-state index in [1.165, 1.54) is 0 Å². The molecule has 0 aliphatic carbocycles. The van der Waals surface area contributed by atoms with Crippen LogP contribution < -0.4 is 5.32 Å². The van der Waals surface area contributed by atoms with Crippen molar-refractivity contribution >= 4 is 17.4 Å². The van der Waals surface area contributed by atoms with Gasteiger partial charge in [-0.2, -0.15) is 5.10 Å². The van der Waals surface area contributed by atoms with Crippen LogP contribution in [0.25, 0.3) is 21.1 Å². The molecule has 0 fully saturated rings. The van der Waals surface area contributed by atoms with Gasteiger partial charge in [-0.05, 0) is 39.0 Å². The molecule has 0 aliphatic heterocycles. The van der Waals surface area contributed by atoms with E-state index in [4.69, 9.17) is 4.74 Å². The molecule has 3 aromatic rings. The average molecular weight is 381 g/mol. The number of aryl methyl sites for hydroxylation is 2. The lowest BCUT2D eigenvalue weighted by Gasteiger charge is -2.02. The van der Waals surface area contributed by atoms with Crippen LogP contribution in [0.2, 0.25) is 0 Å². The molecule has 138 valence electrons. The van der Waals surface area contributed by atoms with Gasteiger partial charge >= 0.3 is 6.09 Å². The lowest BCUT2D eigenvalue weighted by atomic mass is 10.2. The Morgan fingerprint density at radius 2 is 2.22 bits per heavy atom. The van der Waals surface area contributed by atoms with E-state index in [0.717, 1.165) is 38.2 Å². The zero-order valence-electron chi connectivity index (χ0n) is 15.3. The van der Waals surface area contributed by atoms with Gasteiger partial charge < -0.3 is 10.1 Å². The molecule has 3 rings (SSSR count). The van der Waals surface area contributed by atoms with Crippen LogP contribution in [0.3, 0.4) is 0 Å². The monoisotopic (exact) mass is 381 g/mol. The second kappa shape index (κ2) is 8.47. The van der Waals surface area contributed by atoms with Crippen molar-refractivity contribution < 1.29 is 9.53 Å². The van der Waals surface area contributed by atoms with Crippen LogP contribution in [0, 0.1) is 25.7 Å². The van der Waals surface area contributed by atoms with Gasteiger partial charge in [0.2, 0.25) is 0 Å². The predicted molar refractivity (Wildman–Crippen MR) is 104 cm³/mol. The number of rotatable bonds is 5. The number of nitrogens with one attached hydrogen (secondary N) is 2. The second-order valence-electron chi connectivity index (χ2n) is 5.76. The standard InChI is InChI=1S/C19H19N5O2S/c1-4-5-8-26-19(25)21-11-15-9-16(24-23-15)17-13(3)22-18(27-17)14-7-6-12(2)20-10-14/h6-7,9-10H,8,11H2,1-3H3,(H,21,25)(H,23,24). The molecular formula is C19H19N5O2S. The number of amides is 1. The van der Waals surface area contributed by atoms with Crippen molar-refractivity contribution in [1.82, 2.24) is 25.5 Å². The molecule has 8 heteroatoms. The number of carbonyl (C=O) groups is 1. The number of aromatic amines is 1. The second-order valence-corrected chi connectivity index (χ2v) is 6.76. The van der Waals surface area contributed by atoms with Gasteiger partial charge in [-0.1, -0.05) is 5.92 Å². The first-order chi connectivity index (χ1) is 13.1. The van der Waals surface area contributed by atoms with E-state index in [2.05, 4.69) is 37.3 Å². The van der Waals surface area contributed by atoms with E-state index in [-0.39, 0.29) is 13.2 Å². The molecule has 7 nitrogen and oxygen atoms in total. The van der Waals surface area contributed by atoms with Crippen LogP contribution in [0.4, 0.5) is 4.79 Å². The van der Waals surface area contributed by atoms with Gasteiger partial charge in [-0.3, -0.25) is 10.1 Å².